The van der Waals surface area contributed by atoms with Gasteiger partial charge in [0.05, 0.1) is 25.5 Å². The van der Waals surface area contributed by atoms with Crippen LogP contribution in [-0.4, -0.2) is 29.2 Å². The van der Waals surface area contributed by atoms with Gasteiger partial charge in [-0.25, -0.2) is 4.98 Å². The van der Waals surface area contributed by atoms with Crippen LogP contribution in [0.1, 0.15) is 5.69 Å². The average molecular weight is 295 g/mol. The lowest BCUT2D eigenvalue weighted by Gasteiger charge is -2.08. The highest BCUT2D eigenvalue weighted by Gasteiger charge is 2.15. The Morgan fingerprint density at radius 1 is 1.09 bits per heavy atom. The largest absolute Gasteiger partial charge is 0.497 e. The van der Waals surface area contributed by atoms with Gasteiger partial charge in [-0.05, 0) is 37.3 Å². The Kier molecular flexibility index (Phi) is 3.78. The summed E-state index contributed by atoms with van der Waals surface area (Å²) < 4.78 is 10.7. The molecular weight excluding hydrogens is 278 g/mol. The number of aromatic amines is 1. The van der Waals surface area contributed by atoms with Gasteiger partial charge in [0.25, 0.3) is 0 Å². The summed E-state index contributed by atoms with van der Waals surface area (Å²) in [5, 5.41) is 0. The van der Waals surface area contributed by atoms with Crippen molar-refractivity contribution in [2.24, 2.45) is 0 Å². The summed E-state index contributed by atoms with van der Waals surface area (Å²) in [6.07, 6.45) is 3.55. The number of H-pyrrole nitrogens is 1. The third-order valence-corrected chi connectivity index (χ3v) is 3.48. The summed E-state index contributed by atoms with van der Waals surface area (Å²) in [5.41, 5.74) is 3.70. The van der Waals surface area contributed by atoms with E-state index in [1.807, 2.05) is 37.3 Å². The zero-order chi connectivity index (χ0) is 15.5. The van der Waals surface area contributed by atoms with E-state index in [9.17, 15) is 0 Å². The Balaban J connectivity index is 2.10. The third kappa shape index (κ3) is 2.53. The molecule has 0 aliphatic carbocycles. The van der Waals surface area contributed by atoms with E-state index < -0.39 is 0 Å². The van der Waals surface area contributed by atoms with E-state index in [-0.39, 0.29) is 0 Å². The molecule has 22 heavy (non-hydrogen) atoms. The highest BCUT2D eigenvalue weighted by molar-refractivity contribution is 5.71. The minimum atomic E-state index is 0.743. The number of aryl methyl sites for hydroxylation is 1. The maximum atomic E-state index is 5.43. The predicted molar refractivity (Wildman–Crippen MR) is 85.1 cm³/mol. The number of benzene rings is 1. The fourth-order valence-corrected chi connectivity index (χ4v) is 2.37. The lowest BCUT2D eigenvalue weighted by Crippen LogP contribution is -1.91. The molecule has 3 aromatic rings. The van der Waals surface area contributed by atoms with Crippen LogP contribution in [0.4, 0.5) is 0 Å². The molecule has 5 nitrogen and oxygen atoms in total. The molecular formula is C17H17N3O2. The first-order valence-corrected chi connectivity index (χ1v) is 6.92. The number of aromatic nitrogens is 3. The molecule has 3 rings (SSSR count). The van der Waals surface area contributed by atoms with E-state index in [4.69, 9.17) is 14.5 Å². The van der Waals surface area contributed by atoms with Crippen LogP contribution >= 0.6 is 0 Å². The van der Waals surface area contributed by atoms with Gasteiger partial charge in [-0.3, -0.25) is 4.98 Å². The van der Waals surface area contributed by atoms with Gasteiger partial charge in [-0.2, -0.15) is 0 Å². The quantitative estimate of drug-likeness (QED) is 0.800. The number of ether oxygens (including phenoxy) is 2. The minimum Gasteiger partial charge on any atom is -0.497 e. The zero-order valence-electron chi connectivity index (χ0n) is 12.8. The normalized spacial score (nSPS) is 10.5. The minimum absolute atomic E-state index is 0.743. The van der Waals surface area contributed by atoms with E-state index in [1.165, 1.54) is 0 Å². The molecule has 0 aliphatic heterocycles. The molecule has 0 radical (unpaired) electrons. The Hall–Kier alpha value is -2.82. The van der Waals surface area contributed by atoms with Crippen molar-refractivity contribution in [3.63, 3.8) is 0 Å². The first-order chi connectivity index (χ1) is 10.7. The second kappa shape index (κ2) is 5.89. The van der Waals surface area contributed by atoms with Crippen LogP contribution < -0.4 is 9.47 Å². The zero-order valence-corrected chi connectivity index (χ0v) is 12.8. The molecule has 0 amide bonds. The summed E-state index contributed by atoms with van der Waals surface area (Å²) in [7, 11) is 3.28. The first kappa shape index (κ1) is 14.1. The number of pyridine rings is 1. The summed E-state index contributed by atoms with van der Waals surface area (Å²) in [4.78, 5) is 12.2. The van der Waals surface area contributed by atoms with Crippen molar-refractivity contribution in [1.29, 1.82) is 0 Å². The third-order valence-electron chi connectivity index (χ3n) is 3.48. The van der Waals surface area contributed by atoms with Crippen LogP contribution in [-0.2, 0) is 0 Å². The lowest BCUT2D eigenvalue weighted by molar-refractivity contribution is 0.404. The number of nitrogens with one attached hydrogen (secondary N) is 1. The summed E-state index contributed by atoms with van der Waals surface area (Å²) in [5.74, 6) is 2.24. The summed E-state index contributed by atoms with van der Waals surface area (Å²) in [6.45, 7) is 1.99. The fourth-order valence-electron chi connectivity index (χ4n) is 2.37. The van der Waals surface area contributed by atoms with Gasteiger partial charge in [0.2, 0.25) is 0 Å². The number of rotatable bonds is 4. The van der Waals surface area contributed by atoms with Gasteiger partial charge in [0.1, 0.15) is 17.3 Å². The molecule has 0 aliphatic rings. The molecule has 112 valence electrons. The first-order valence-electron chi connectivity index (χ1n) is 6.92. The average Bonchev–Trinajstić information content (AvgIpc) is 2.96. The molecule has 0 bridgehead atoms. The van der Waals surface area contributed by atoms with Crippen LogP contribution in [0.15, 0.2) is 42.7 Å². The van der Waals surface area contributed by atoms with Gasteiger partial charge < -0.3 is 14.5 Å². The fraction of sp³-hybridized carbons (Fsp3) is 0.176. The molecule has 1 aromatic carbocycles. The van der Waals surface area contributed by atoms with Gasteiger partial charge in [0, 0.05) is 23.7 Å². The van der Waals surface area contributed by atoms with Gasteiger partial charge in [-0.15, -0.1) is 0 Å². The van der Waals surface area contributed by atoms with Crippen LogP contribution in [0.2, 0.25) is 0 Å². The Labute approximate surface area is 129 Å². The highest BCUT2D eigenvalue weighted by Crippen LogP contribution is 2.33. The molecule has 0 saturated carbocycles. The van der Waals surface area contributed by atoms with Crippen molar-refractivity contribution >= 4 is 0 Å². The van der Waals surface area contributed by atoms with E-state index in [1.54, 1.807) is 26.6 Å². The van der Waals surface area contributed by atoms with Crippen LogP contribution in [0.3, 0.4) is 0 Å². The van der Waals surface area contributed by atoms with Crippen molar-refractivity contribution < 1.29 is 9.47 Å². The summed E-state index contributed by atoms with van der Waals surface area (Å²) in [6, 6.07) is 9.53. The second-order valence-electron chi connectivity index (χ2n) is 4.87. The SMILES string of the molecule is COc1ccc(OC)c(-c2nc(-c3cccnc3)c(C)[nH]2)c1. The molecule has 0 saturated heterocycles. The Morgan fingerprint density at radius 2 is 1.95 bits per heavy atom. The monoisotopic (exact) mass is 295 g/mol. The van der Waals surface area contributed by atoms with Crippen molar-refractivity contribution in [2.75, 3.05) is 14.2 Å². The molecule has 1 N–H and O–H groups in total. The molecule has 0 fully saturated rings. The van der Waals surface area contributed by atoms with Crippen molar-refractivity contribution in [3.05, 3.63) is 48.4 Å². The predicted octanol–water partition coefficient (Wildman–Crippen LogP) is 3.46. The smallest absolute Gasteiger partial charge is 0.142 e. The lowest BCUT2D eigenvalue weighted by atomic mass is 10.1. The maximum Gasteiger partial charge on any atom is 0.142 e. The van der Waals surface area contributed by atoms with Crippen LogP contribution in [0.25, 0.3) is 22.6 Å². The Bertz CT molecular complexity index is 782. The second-order valence-corrected chi connectivity index (χ2v) is 4.87. The summed E-state index contributed by atoms with van der Waals surface area (Å²) >= 11 is 0. The number of hydrogen-bond acceptors (Lipinski definition) is 4. The maximum absolute atomic E-state index is 5.43. The standard InChI is InChI=1S/C17H17N3O2/c1-11-16(12-5-4-8-18-10-12)20-17(19-11)14-9-13(21-2)6-7-15(14)22-3/h4-10H,1-3H3,(H,19,20). The van der Waals surface area contributed by atoms with Crippen molar-refractivity contribution in [1.82, 2.24) is 15.0 Å². The van der Waals surface area contributed by atoms with Crippen LogP contribution in [0.5, 0.6) is 11.5 Å². The van der Waals surface area contributed by atoms with E-state index in [0.717, 1.165) is 39.8 Å². The molecule has 0 spiro atoms. The molecule has 2 heterocycles. The van der Waals surface area contributed by atoms with Crippen LogP contribution in [0, 0.1) is 6.92 Å². The van der Waals surface area contributed by atoms with Gasteiger partial charge in [-0.1, -0.05) is 0 Å². The number of hydrogen-bond donors (Lipinski definition) is 1. The topological polar surface area (TPSA) is 60.0 Å². The number of nitrogens with zero attached hydrogens (tertiary/aromatic N) is 2. The van der Waals surface area contributed by atoms with Gasteiger partial charge >= 0.3 is 0 Å². The highest BCUT2D eigenvalue weighted by atomic mass is 16.5. The molecule has 0 atom stereocenters. The van der Waals surface area contributed by atoms with Crippen molar-refractivity contribution in [3.8, 4) is 34.1 Å². The Morgan fingerprint density at radius 3 is 2.64 bits per heavy atom. The van der Waals surface area contributed by atoms with E-state index >= 15 is 0 Å². The van der Waals surface area contributed by atoms with Crippen molar-refractivity contribution in [2.45, 2.75) is 6.92 Å². The van der Waals surface area contributed by atoms with E-state index in [2.05, 4.69) is 9.97 Å². The molecule has 2 aromatic heterocycles. The number of methoxy groups -OCH3 is 2. The molecule has 5 heteroatoms. The van der Waals surface area contributed by atoms with Gasteiger partial charge in [0.15, 0.2) is 0 Å². The molecule has 0 unspecified atom stereocenters. The number of imidazole rings is 1. The van der Waals surface area contributed by atoms with E-state index in [0.29, 0.717) is 0 Å².